The highest BCUT2D eigenvalue weighted by Gasteiger charge is 2.07. The zero-order valence-corrected chi connectivity index (χ0v) is 11.9. The molecule has 0 atom stereocenters. The van der Waals surface area contributed by atoms with Crippen LogP contribution in [0.3, 0.4) is 0 Å². The van der Waals surface area contributed by atoms with Gasteiger partial charge in [0.1, 0.15) is 5.82 Å². The lowest BCUT2D eigenvalue weighted by molar-refractivity contribution is 0.0953. The smallest absolute Gasteiger partial charge is 0.251 e. The third-order valence-electron chi connectivity index (χ3n) is 3.05. The van der Waals surface area contributed by atoms with Crippen molar-refractivity contribution in [2.24, 2.45) is 0 Å². The van der Waals surface area contributed by atoms with E-state index >= 15 is 0 Å². The fourth-order valence-electron chi connectivity index (χ4n) is 1.81. The topological polar surface area (TPSA) is 29.1 Å². The number of rotatable bonds is 4. The number of carbonyl (C=O) groups is 1. The van der Waals surface area contributed by atoms with Gasteiger partial charge in [-0.1, -0.05) is 29.8 Å². The molecule has 0 saturated carbocycles. The van der Waals surface area contributed by atoms with Gasteiger partial charge in [-0.3, -0.25) is 4.79 Å². The SMILES string of the molecule is Cc1ccc(C(=O)NCCc2ccc(Cl)cc2)cc1F. The van der Waals surface area contributed by atoms with E-state index < -0.39 is 0 Å². The summed E-state index contributed by atoms with van der Waals surface area (Å²) in [7, 11) is 0. The Morgan fingerprint density at radius 3 is 2.55 bits per heavy atom. The van der Waals surface area contributed by atoms with Crippen LogP contribution in [-0.4, -0.2) is 12.5 Å². The molecule has 0 fully saturated rings. The Labute approximate surface area is 122 Å². The lowest BCUT2D eigenvalue weighted by Crippen LogP contribution is -2.25. The number of amides is 1. The third-order valence-corrected chi connectivity index (χ3v) is 3.30. The second-order valence-electron chi connectivity index (χ2n) is 4.60. The van der Waals surface area contributed by atoms with E-state index in [0.29, 0.717) is 29.1 Å². The molecule has 0 spiro atoms. The summed E-state index contributed by atoms with van der Waals surface area (Å²) in [6.07, 6.45) is 0.706. The zero-order chi connectivity index (χ0) is 14.5. The van der Waals surface area contributed by atoms with Crippen molar-refractivity contribution in [2.45, 2.75) is 13.3 Å². The highest BCUT2D eigenvalue weighted by Crippen LogP contribution is 2.10. The number of halogens is 2. The van der Waals surface area contributed by atoms with Gasteiger partial charge in [-0.15, -0.1) is 0 Å². The Morgan fingerprint density at radius 1 is 1.20 bits per heavy atom. The summed E-state index contributed by atoms with van der Waals surface area (Å²) in [5, 5.41) is 3.46. The molecule has 1 N–H and O–H groups in total. The van der Waals surface area contributed by atoms with E-state index in [1.54, 1.807) is 19.1 Å². The van der Waals surface area contributed by atoms with Crippen LogP contribution < -0.4 is 5.32 Å². The molecule has 0 unspecified atom stereocenters. The van der Waals surface area contributed by atoms with Crippen molar-refractivity contribution >= 4 is 17.5 Å². The van der Waals surface area contributed by atoms with Crippen LogP contribution in [0.15, 0.2) is 42.5 Å². The standard InChI is InChI=1S/C16H15ClFNO/c1-11-2-5-13(10-15(11)18)16(20)19-9-8-12-3-6-14(17)7-4-12/h2-7,10H,8-9H2,1H3,(H,19,20). The quantitative estimate of drug-likeness (QED) is 0.913. The average molecular weight is 292 g/mol. The molecule has 0 radical (unpaired) electrons. The number of aryl methyl sites for hydroxylation is 1. The predicted octanol–water partition coefficient (Wildman–Crippen LogP) is 3.76. The van der Waals surface area contributed by atoms with Gasteiger partial charge < -0.3 is 5.32 Å². The van der Waals surface area contributed by atoms with Crippen LogP contribution in [0.1, 0.15) is 21.5 Å². The highest BCUT2D eigenvalue weighted by molar-refractivity contribution is 6.30. The van der Waals surface area contributed by atoms with Crippen LogP contribution in [0.5, 0.6) is 0 Å². The van der Waals surface area contributed by atoms with Gasteiger partial charge in [0.05, 0.1) is 0 Å². The Bertz CT molecular complexity index is 610. The highest BCUT2D eigenvalue weighted by atomic mass is 35.5. The molecule has 2 nitrogen and oxygen atoms in total. The van der Waals surface area contributed by atoms with Crippen molar-refractivity contribution in [2.75, 3.05) is 6.54 Å². The van der Waals surface area contributed by atoms with Gasteiger partial charge in [-0.25, -0.2) is 4.39 Å². The first-order valence-electron chi connectivity index (χ1n) is 6.35. The zero-order valence-electron chi connectivity index (χ0n) is 11.1. The molecule has 0 heterocycles. The maximum Gasteiger partial charge on any atom is 0.251 e. The molecule has 2 aromatic rings. The van der Waals surface area contributed by atoms with Crippen LogP contribution in [-0.2, 0) is 6.42 Å². The summed E-state index contributed by atoms with van der Waals surface area (Å²) in [5.74, 6) is -0.631. The molecular formula is C16H15ClFNO. The molecule has 0 aromatic heterocycles. The molecule has 104 valence electrons. The lowest BCUT2D eigenvalue weighted by atomic mass is 10.1. The molecule has 0 bridgehead atoms. The largest absolute Gasteiger partial charge is 0.352 e. The summed E-state index contributed by atoms with van der Waals surface area (Å²) in [4.78, 5) is 11.9. The first-order chi connectivity index (χ1) is 9.56. The minimum Gasteiger partial charge on any atom is -0.352 e. The van der Waals surface area contributed by atoms with Crippen LogP contribution in [0.4, 0.5) is 4.39 Å². The van der Waals surface area contributed by atoms with Gasteiger partial charge in [-0.2, -0.15) is 0 Å². The molecule has 20 heavy (non-hydrogen) atoms. The van der Waals surface area contributed by atoms with Crippen LogP contribution in [0.25, 0.3) is 0 Å². The Balaban J connectivity index is 1.88. The molecular weight excluding hydrogens is 277 g/mol. The average Bonchev–Trinajstić information content (AvgIpc) is 2.44. The van der Waals surface area contributed by atoms with Crippen molar-refractivity contribution in [3.05, 3.63) is 70.0 Å². The molecule has 0 saturated heterocycles. The van der Waals surface area contributed by atoms with E-state index in [-0.39, 0.29) is 11.7 Å². The predicted molar refractivity (Wildman–Crippen MR) is 78.6 cm³/mol. The minimum atomic E-state index is -0.365. The summed E-state index contributed by atoms with van der Waals surface area (Å²) >= 11 is 5.80. The molecule has 2 aromatic carbocycles. The van der Waals surface area contributed by atoms with Gasteiger partial charge in [-0.05, 0) is 48.7 Å². The second-order valence-corrected chi connectivity index (χ2v) is 5.03. The summed E-state index contributed by atoms with van der Waals surface area (Å²) in [5.41, 5.74) is 1.96. The van der Waals surface area contributed by atoms with Gasteiger partial charge in [0, 0.05) is 17.1 Å². The number of hydrogen-bond donors (Lipinski definition) is 1. The van der Waals surface area contributed by atoms with Crippen molar-refractivity contribution in [3.8, 4) is 0 Å². The Kier molecular flexibility index (Phi) is 4.74. The monoisotopic (exact) mass is 291 g/mol. The summed E-state index contributed by atoms with van der Waals surface area (Å²) in [6, 6.07) is 11.9. The van der Waals surface area contributed by atoms with Crippen molar-refractivity contribution in [1.82, 2.24) is 5.32 Å². The number of nitrogens with one attached hydrogen (secondary N) is 1. The van der Waals surface area contributed by atoms with Gasteiger partial charge in [0.15, 0.2) is 0 Å². The summed E-state index contributed by atoms with van der Waals surface area (Å²) in [6.45, 7) is 2.16. The van der Waals surface area contributed by atoms with Gasteiger partial charge in [0.2, 0.25) is 0 Å². The summed E-state index contributed by atoms with van der Waals surface area (Å²) < 4.78 is 13.4. The normalized spacial score (nSPS) is 10.3. The fourth-order valence-corrected chi connectivity index (χ4v) is 1.93. The van der Waals surface area contributed by atoms with Gasteiger partial charge in [0.25, 0.3) is 5.91 Å². The van der Waals surface area contributed by atoms with E-state index in [1.165, 1.54) is 6.07 Å². The molecule has 0 aliphatic heterocycles. The van der Waals surface area contributed by atoms with E-state index in [0.717, 1.165) is 5.56 Å². The molecule has 0 aliphatic carbocycles. The molecule has 2 rings (SSSR count). The van der Waals surface area contributed by atoms with E-state index in [1.807, 2.05) is 24.3 Å². The molecule has 4 heteroatoms. The first-order valence-corrected chi connectivity index (χ1v) is 6.73. The first kappa shape index (κ1) is 14.5. The number of hydrogen-bond acceptors (Lipinski definition) is 1. The second kappa shape index (κ2) is 6.53. The maximum atomic E-state index is 13.4. The number of carbonyl (C=O) groups excluding carboxylic acids is 1. The molecule has 1 amide bonds. The third kappa shape index (κ3) is 3.81. The van der Waals surface area contributed by atoms with Crippen molar-refractivity contribution in [1.29, 1.82) is 0 Å². The van der Waals surface area contributed by atoms with Crippen molar-refractivity contribution < 1.29 is 9.18 Å². The van der Waals surface area contributed by atoms with E-state index in [9.17, 15) is 9.18 Å². The molecule has 0 aliphatic rings. The lowest BCUT2D eigenvalue weighted by Gasteiger charge is -2.06. The number of benzene rings is 2. The maximum absolute atomic E-state index is 13.4. The van der Waals surface area contributed by atoms with Crippen LogP contribution in [0, 0.1) is 12.7 Å². The Morgan fingerprint density at radius 2 is 1.90 bits per heavy atom. The van der Waals surface area contributed by atoms with Crippen LogP contribution >= 0.6 is 11.6 Å². The van der Waals surface area contributed by atoms with Crippen molar-refractivity contribution in [3.63, 3.8) is 0 Å². The van der Waals surface area contributed by atoms with Crippen LogP contribution in [0.2, 0.25) is 5.02 Å². The van der Waals surface area contributed by atoms with Gasteiger partial charge >= 0.3 is 0 Å². The Hall–Kier alpha value is -1.87. The fraction of sp³-hybridized carbons (Fsp3) is 0.188. The van der Waals surface area contributed by atoms with E-state index in [4.69, 9.17) is 11.6 Å². The van der Waals surface area contributed by atoms with E-state index in [2.05, 4.69) is 5.32 Å². The minimum absolute atomic E-state index is 0.266.